The molecule has 0 aromatic rings. The molecule has 43 heavy (non-hydrogen) atoms. The van der Waals surface area contributed by atoms with Gasteiger partial charge in [-0.2, -0.15) is 0 Å². The molecular formula is C38H65NO4. The van der Waals surface area contributed by atoms with Crippen molar-refractivity contribution < 1.29 is 19.4 Å². The van der Waals surface area contributed by atoms with Gasteiger partial charge in [0.05, 0.1) is 31.8 Å². The highest BCUT2D eigenvalue weighted by Crippen LogP contribution is 2.75. The third-order valence-electron chi connectivity index (χ3n) is 15.2. The summed E-state index contributed by atoms with van der Waals surface area (Å²) in [5.74, 6) is 1.30. The number of allylic oxidation sites excluding steroid dienone is 1. The third kappa shape index (κ3) is 4.66. The Bertz CT molecular complexity index is 1110. The van der Waals surface area contributed by atoms with E-state index < -0.39 is 5.97 Å². The minimum absolute atomic E-state index is 0.0268. The fraction of sp³-hybridized carbons (Fsp3) is 0.921. The van der Waals surface area contributed by atoms with Gasteiger partial charge < -0.3 is 19.9 Å². The van der Waals surface area contributed by atoms with E-state index in [1.165, 1.54) is 6.42 Å². The van der Waals surface area contributed by atoms with Crippen LogP contribution in [0.25, 0.3) is 0 Å². The summed E-state index contributed by atoms with van der Waals surface area (Å²) in [5.41, 5.74) is 1.26. The van der Waals surface area contributed by atoms with Crippen LogP contribution in [-0.4, -0.2) is 50.1 Å². The number of hydrogen-bond donors (Lipinski definition) is 2. The van der Waals surface area contributed by atoms with E-state index in [-0.39, 0.29) is 44.5 Å². The summed E-state index contributed by atoms with van der Waals surface area (Å²) in [6.45, 7) is 28.1. The standard InChI is InChI=1S/C38H65NO4/c1-23(2)25(4)34(8)17-18-36(10)26-13-14-28-35(9)21-42-22-38(28,27(26)15-16-37(36,11)30(34)32(40)41)19-24(3)31(35)43-20-29(39-12)33(5,6)7/h15,23-26,28-31,39H,13-14,16-22H2,1-12H3,(H,40,41)/t24-,25-,26+,28+,29+,30-,31+,34-,35+,36-,37+,38+/m1/s1. The largest absolute Gasteiger partial charge is 0.481 e. The first-order valence-electron chi connectivity index (χ1n) is 17.6. The number of likely N-dealkylation sites (N-methyl/N-ethyl adjacent to an activating group) is 1. The van der Waals surface area contributed by atoms with Gasteiger partial charge in [-0.05, 0) is 96.8 Å². The number of fused-ring (bicyclic) bond motifs is 3. The molecule has 0 radical (unpaired) electrons. The molecule has 3 saturated carbocycles. The van der Waals surface area contributed by atoms with Gasteiger partial charge in [-0.1, -0.05) is 87.8 Å². The Morgan fingerprint density at radius 3 is 2.35 bits per heavy atom. The zero-order valence-electron chi connectivity index (χ0n) is 29.7. The van der Waals surface area contributed by atoms with Crippen molar-refractivity contribution in [2.24, 2.45) is 68.0 Å². The average Bonchev–Trinajstić information content (AvgIpc) is 2.89. The lowest BCUT2D eigenvalue weighted by molar-refractivity contribution is -0.252. The first-order chi connectivity index (χ1) is 19.8. The summed E-state index contributed by atoms with van der Waals surface area (Å²) in [7, 11) is 2.05. The lowest BCUT2D eigenvalue weighted by Gasteiger charge is -2.71. The molecule has 1 aliphatic heterocycles. The molecule has 5 nitrogen and oxygen atoms in total. The molecular weight excluding hydrogens is 534 g/mol. The highest BCUT2D eigenvalue weighted by atomic mass is 16.5. The maximum atomic E-state index is 13.3. The van der Waals surface area contributed by atoms with E-state index in [9.17, 15) is 9.90 Å². The Kier molecular flexibility index (Phi) is 8.43. The SMILES string of the molecule is CN[C@@H](CO[C@H]1[C@H](C)C[C@@]23COC[C@@]1(C)[C@@H]2CC[C@H]1C3=CC[C@@]2(C)[C@H](C(=O)O)[C@@](C)([C@H](C)C(C)C)CC[C@]12C)C(C)(C)C. The van der Waals surface area contributed by atoms with E-state index in [0.29, 0.717) is 35.6 Å². The molecule has 2 bridgehead atoms. The molecule has 4 fully saturated rings. The highest BCUT2D eigenvalue weighted by molar-refractivity contribution is 5.73. The van der Waals surface area contributed by atoms with Crippen molar-refractivity contribution in [3.05, 3.63) is 11.6 Å². The van der Waals surface area contributed by atoms with Gasteiger partial charge in [0.1, 0.15) is 0 Å². The van der Waals surface area contributed by atoms with Crippen LogP contribution in [0, 0.1) is 68.0 Å². The molecule has 1 saturated heterocycles. The Labute approximate surface area is 263 Å². The van der Waals surface area contributed by atoms with Gasteiger partial charge in [0, 0.05) is 16.9 Å². The van der Waals surface area contributed by atoms with Gasteiger partial charge in [-0.25, -0.2) is 0 Å². The Balaban J connectivity index is 1.51. The summed E-state index contributed by atoms with van der Waals surface area (Å²) in [6, 6.07) is 0.298. The monoisotopic (exact) mass is 599 g/mol. The van der Waals surface area contributed by atoms with Crippen LogP contribution in [0.1, 0.15) is 115 Å². The molecule has 246 valence electrons. The summed E-state index contributed by atoms with van der Waals surface area (Å²) in [6.07, 6.45) is 9.17. The van der Waals surface area contributed by atoms with Gasteiger partial charge in [0.2, 0.25) is 0 Å². The van der Waals surface area contributed by atoms with Crippen molar-refractivity contribution >= 4 is 5.97 Å². The molecule has 0 spiro atoms. The van der Waals surface area contributed by atoms with E-state index >= 15 is 0 Å². The molecule has 12 atom stereocenters. The molecule has 1 heterocycles. The van der Waals surface area contributed by atoms with Crippen LogP contribution in [0.3, 0.4) is 0 Å². The zero-order valence-corrected chi connectivity index (χ0v) is 29.7. The van der Waals surface area contributed by atoms with Crippen molar-refractivity contribution in [1.82, 2.24) is 5.32 Å². The quantitative estimate of drug-likeness (QED) is 0.289. The van der Waals surface area contributed by atoms with Gasteiger partial charge in [0.15, 0.2) is 0 Å². The highest BCUT2D eigenvalue weighted by Gasteiger charge is 2.71. The van der Waals surface area contributed by atoms with Crippen LogP contribution >= 0.6 is 0 Å². The van der Waals surface area contributed by atoms with Crippen molar-refractivity contribution in [3.63, 3.8) is 0 Å². The Hall–Kier alpha value is -0.910. The van der Waals surface area contributed by atoms with Crippen molar-refractivity contribution in [2.45, 2.75) is 127 Å². The molecule has 5 rings (SSSR count). The molecule has 0 aromatic heterocycles. The van der Waals surface area contributed by atoms with E-state index in [1.807, 2.05) is 0 Å². The molecule has 5 heteroatoms. The van der Waals surface area contributed by atoms with Gasteiger partial charge in [-0.15, -0.1) is 0 Å². The molecule has 0 aromatic carbocycles. The molecule has 2 N–H and O–H groups in total. The number of nitrogens with one attached hydrogen (secondary N) is 1. The summed E-state index contributed by atoms with van der Waals surface area (Å²) in [4.78, 5) is 13.3. The smallest absolute Gasteiger partial charge is 0.307 e. The molecule has 0 amide bonds. The van der Waals surface area contributed by atoms with E-state index in [4.69, 9.17) is 9.47 Å². The van der Waals surface area contributed by atoms with Crippen molar-refractivity contribution in [2.75, 3.05) is 26.9 Å². The van der Waals surface area contributed by atoms with Crippen LogP contribution in [0.5, 0.6) is 0 Å². The van der Waals surface area contributed by atoms with Crippen molar-refractivity contribution in [1.29, 1.82) is 0 Å². The van der Waals surface area contributed by atoms with Crippen LogP contribution in [0.15, 0.2) is 11.6 Å². The molecule has 0 unspecified atom stereocenters. The topological polar surface area (TPSA) is 67.8 Å². The molecule has 5 aliphatic rings. The number of carboxylic acid groups (broad SMARTS) is 1. The summed E-state index contributed by atoms with van der Waals surface area (Å²) in [5, 5.41) is 14.5. The lowest BCUT2D eigenvalue weighted by Crippen LogP contribution is -2.69. The number of carboxylic acids is 1. The number of carbonyl (C=O) groups is 1. The first-order valence-corrected chi connectivity index (χ1v) is 17.6. The van der Waals surface area contributed by atoms with Gasteiger partial charge in [-0.3, -0.25) is 4.79 Å². The van der Waals surface area contributed by atoms with E-state index in [0.717, 1.165) is 51.9 Å². The lowest BCUT2D eigenvalue weighted by atomic mass is 9.34. The van der Waals surface area contributed by atoms with Crippen LogP contribution in [-0.2, 0) is 14.3 Å². The second-order valence-electron chi connectivity index (χ2n) is 18.5. The minimum atomic E-state index is -0.581. The Morgan fingerprint density at radius 2 is 1.77 bits per heavy atom. The second-order valence-corrected chi connectivity index (χ2v) is 18.5. The fourth-order valence-corrected chi connectivity index (χ4v) is 12.3. The third-order valence-corrected chi connectivity index (χ3v) is 15.2. The summed E-state index contributed by atoms with van der Waals surface area (Å²) < 4.78 is 13.6. The van der Waals surface area contributed by atoms with Gasteiger partial charge >= 0.3 is 5.97 Å². The van der Waals surface area contributed by atoms with Crippen LogP contribution < -0.4 is 5.32 Å². The number of rotatable bonds is 7. The number of ether oxygens (including phenoxy) is 2. The number of aliphatic carboxylic acids is 1. The average molecular weight is 600 g/mol. The predicted octanol–water partition coefficient (Wildman–Crippen LogP) is 8.23. The van der Waals surface area contributed by atoms with E-state index in [2.05, 4.69) is 94.6 Å². The maximum absolute atomic E-state index is 13.3. The summed E-state index contributed by atoms with van der Waals surface area (Å²) >= 11 is 0. The van der Waals surface area contributed by atoms with Crippen LogP contribution in [0.2, 0.25) is 0 Å². The zero-order chi connectivity index (χ0) is 32.0. The van der Waals surface area contributed by atoms with Gasteiger partial charge in [0.25, 0.3) is 0 Å². The normalized spacial score (nSPS) is 47.6. The molecule has 4 aliphatic carbocycles. The van der Waals surface area contributed by atoms with E-state index in [1.54, 1.807) is 5.57 Å². The van der Waals surface area contributed by atoms with Crippen LogP contribution in [0.4, 0.5) is 0 Å². The maximum Gasteiger partial charge on any atom is 0.307 e. The fourth-order valence-electron chi connectivity index (χ4n) is 12.3. The van der Waals surface area contributed by atoms with Crippen molar-refractivity contribution in [3.8, 4) is 0 Å². The Morgan fingerprint density at radius 1 is 1.09 bits per heavy atom. The minimum Gasteiger partial charge on any atom is -0.481 e. The predicted molar refractivity (Wildman–Crippen MR) is 175 cm³/mol. The first kappa shape index (κ1) is 33.5. The second kappa shape index (κ2) is 10.8. The number of hydrogen-bond acceptors (Lipinski definition) is 4.